The first kappa shape index (κ1) is 23.2. The van der Waals surface area contributed by atoms with Crippen LogP contribution in [0.2, 0.25) is 0 Å². The number of piperazine rings is 1. The number of pyridine rings is 1. The molecule has 0 atom stereocenters. The van der Waals surface area contributed by atoms with Crippen LogP contribution >= 0.6 is 24.0 Å². The highest BCUT2D eigenvalue weighted by Gasteiger charge is 2.20. The molecule has 0 radical (unpaired) electrons. The maximum atomic E-state index is 9.60. The topological polar surface area (TPSA) is 67.2 Å². The van der Waals surface area contributed by atoms with Gasteiger partial charge in [0.05, 0.1) is 6.10 Å². The van der Waals surface area contributed by atoms with Crippen LogP contribution in [-0.4, -0.2) is 90.9 Å². The lowest BCUT2D eigenvalue weighted by Crippen LogP contribution is -2.52. The molecule has 0 aromatic carbocycles. The molecule has 0 unspecified atom stereocenters. The zero-order valence-electron chi connectivity index (χ0n) is 17.0. The third-order valence-electron chi connectivity index (χ3n) is 5.34. The summed E-state index contributed by atoms with van der Waals surface area (Å²) in [5.74, 6) is 2.10. The van der Waals surface area contributed by atoms with Crippen molar-refractivity contribution in [3.8, 4) is 0 Å². The molecule has 0 bridgehead atoms. The predicted octanol–water partition coefficient (Wildman–Crippen LogP) is 1.63. The summed E-state index contributed by atoms with van der Waals surface area (Å²) >= 11 is 0. The Morgan fingerprint density at radius 1 is 1.18 bits per heavy atom. The Balaban J connectivity index is 0.00000280. The average molecular weight is 502 g/mol. The lowest BCUT2D eigenvalue weighted by atomic mass is 10.1. The number of piperidine rings is 1. The van der Waals surface area contributed by atoms with Gasteiger partial charge in [-0.15, -0.1) is 24.0 Å². The van der Waals surface area contributed by atoms with Crippen LogP contribution in [0.5, 0.6) is 0 Å². The van der Waals surface area contributed by atoms with Gasteiger partial charge in [0, 0.05) is 58.6 Å². The first-order valence-electron chi connectivity index (χ1n) is 10.4. The molecule has 3 rings (SSSR count). The van der Waals surface area contributed by atoms with Crippen molar-refractivity contribution in [2.75, 3.05) is 63.8 Å². The molecule has 2 saturated heterocycles. The van der Waals surface area contributed by atoms with Crippen molar-refractivity contribution >= 4 is 35.8 Å². The Labute approximate surface area is 186 Å². The molecule has 2 aliphatic rings. The van der Waals surface area contributed by atoms with Gasteiger partial charge in [-0.05, 0) is 44.9 Å². The van der Waals surface area contributed by atoms with Crippen LogP contribution < -0.4 is 10.2 Å². The van der Waals surface area contributed by atoms with Gasteiger partial charge in [-0.1, -0.05) is 6.07 Å². The van der Waals surface area contributed by atoms with Crippen molar-refractivity contribution in [2.24, 2.45) is 4.99 Å². The van der Waals surface area contributed by atoms with Crippen molar-refractivity contribution in [3.05, 3.63) is 24.4 Å². The lowest BCUT2D eigenvalue weighted by Gasteiger charge is -2.37. The second-order valence-electron chi connectivity index (χ2n) is 7.32. The fourth-order valence-electron chi connectivity index (χ4n) is 3.74. The molecule has 0 amide bonds. The predicted molar refractivity (Wildman–Crippen MR) is 126 cm³/mol. The van der Waals surface area contributed by atoms with Crippen LogP contribution in [0.4, 0.5) is 5.82 Å². The van der Waals surface area contributed by atoms with E-state index in [9.17, 15) is 5.11 Å². The number of aliphatic hydroxyl groups is 1. The third-order valence-corrected chi connectivity index (χ3v) is 5.34. The molecule has 0 aliphatic carbocycles. The van der Waals surface area contributed by atoms with E-state index in [0.29, 0.717) is 0 Å². The number of aromatic nitrogens is 1. The molecule has 2 fully saturated rings. The van der Waals surface area contributed by atoms with Gasteiger partial charge in [-0.3, -0.25) is 4.99 Å². The van der Waals surface area contributed by atoms with E-state index in [2.05, 4.69) is 38.0 Å². The van der Waals surface area contributed by atoms with Gasteiger partial charge in [0.25, 0.3) is 0 Å². The van der Waals surface area contributed by atoms with Crippen LogP contribution in [0, 0.1) is 0 Å². The maximum Gasteiger partial charge on any atom is 0.194 e. The second-order valence-corrected chi connectivity index (χ2v) is 7.32. The van der Waals surface area contributed by atoms with Crippen LogP contribution in [-0.2, 0) is 0 Å². The van der Waals surface area contributed by atoms with Gasteiger partial charge in [0.15, 0.2) is 5.96 Å². The number of aliphatic imine (C=N–C) groups is 1. The number of hydrogen-bond donors (Lipinski definition) is 2. The molecule has 0 saturated carbocycles. The van der Waals surface area contributed by atoms with E-state index in [0.717, 1.165) is 89.9 Å². The van der Waals surface area contributed by atoms with Crippen molar-refractivity contribution in [1.82, 2.24) is 20.1 Å². The fourth-order valence-corrected chi connectivity index (χ4v) is 3.74. The molecular weight excluding hydrogens is 467 g/mol. The summed E-state index contributed by atoms with van der Waals surface area (Å²) in [6.45, 7) is 10.8. The van der Waals surface area contributed by atoms with Crippen LogP contribution in [0.3, 0.4) is 0 Å². The maximum absolute atomic E-state index is 9.60. The smallest absolute Gasteiger partial charge is 0.194 e. The Morgan fingerprint density at radius 3 is 2.57 bits per heavy atom. The van der Waals surface area contributed by atoms with Gasteiger partial charge in [0.2, 0.25) is 0 Å². The molecule has 158 valence electrons. The third kappa shape index (κ3) is 7.04. The minimum absolute atomic E-state index is 0. The molecule has 2 N–H and O–H groups in total. The van der Waals surface area contributed by atoms with E-state index in [1.54, 1.807) is 0 Å². The fraction of sp³-hybridized carbons (Fsp3) is 0.700. The van der Waals surface area contributed by atoms with E-state index in [-0.39, 0.29) is 30.1 Å². The van der Waals surface area contributed by atoms with Gasteiger partial charge in [0.1, 0.15) is 5.82 Å². The molecule has 3 heterocycles. The van der Waals surface area contributed by atoms with E-state index in [1.807, 2.05) is 18.3 Å². The largest absolute Gasteiger partial charge is 0.393 e. The summed E-state index contributed by atoms with van der Waals surface area (Å²) in [6, 6.07) is 6.08. The standard InChI is InChI=1S/C20H34N6O.HI/c1-2-21-20(23-10-5-11-24-12-7-18(27)8-13-24)26-16-14-25(15-17-26)19-6-3-4-9-22-19;/h3-4,6,9,18,27H,2,5,7-8,10-17H2,1H3,(H,21,23);1H. The SMILES string of the molecule is CCNC(=NCCCN1CCC(O)CC1)N1CCN(c2ccccn2)CC1.I. The molecule has 7 nitrogen and oxygen atoms in total. The number of nitrogens with zero attached hydrogens (tertiary/aromatic N) is 5. The number of guanidine groups is 1. The minimum atomic E-state index is -0.0932. The Morgan fingerprint density at radius 2 is 1.93 bits per heavy atom. The van der Waals surface area contributed by atoms with Gasteiger partial charge in [-0.25, -0.2) is 4.98 Å². The first-order chi connectivity index (χ1) is 13.3. The number of likely N-dealkylation sites (tertiary alicyclic amines) is 1. The number of hydrogen-bond acceptors (Lipinski definition) is 5. The molecule has 1 aromatic rings. The number of nitrogens with one attached hydrogen (secondary N) is 1. The first-order valence-corrected chi connectivity index (χ1v) is 10.4. The van der Waals surface area contributed by atoms with E-state index in [4.69, 9.17) is 4.99 Å². The summed E-state index contributed by atoms with van der Waals surface area (Å²) in [4.78, 5) is 16.5. The minimum Gasteiger partial charge on any atom is -0.393 e. The molecular formula is C20H35IN6O. The average Bonchev–Trinajstić information content (AvgIpc) is 2.72. The molecule has 0 spiro atoms. The highest BCUT2D eigenvalue weighted by Crippen LogP contribution is 2.13. The van der Waals surface area contributed by atoms with Crippen molar-refractivity contribution < 1.29 is 5.11 Å². The van der Waals surface area contributed by atoms with E-state index in [1.165, 1.54) is 0 Å². The summed E-state index contributed by atoms with van der Waals surface area (Å²) in [6.07, 6.45) is 4.65. The van der Waals surface area contributed by atoms with Crippen molar-refractivity contribution in [1.29, 1.82) is 0 Å². The van der Waals surface area contributed by atoms with Gasteiger partial charge < -0.3 is 25.1 Å². The monoisotopic (exact) mass is 502 g/mol. The summed E-state index contributed by atoms with van der Waals surface area (Å²) in [7, 11) is 0. The summed E-state index contributed by atoms with van der Waals surface area (Å²) in [5.41, 5.74) is 0. The number of aliphatic hydroxyl groups excluding tert-OH is 1. The van der Waals surface area contributed by atoms with Gasteiger partial charge in [-0.2, -0.15) is 0 Å². The molecule has 1 aromatic heterocycles. The number of anilines is 1. The molecule has 28 heavy (non-hydrogen) atoms. The number of halogens is 1. The van der Waals surface area contributed by atoms with E-state index < -0.39 is 0 Å². The summed E-state index contributed by atoms with van der Waals surface area (Å²) < 4.78 is 0. The lowest BCUT2D eigenvalue weighted by molar-refractivity contribution is 0.0824. The zero-order valence-corrected chi connectivity index (χ0v) is 19.3. The zero-order chi connectivity index (χ0) is 18.9. The molecule has 2 aliphatic heterocycles. The summed E-state index contributed by atoms with van der Waals surface area (Å²) in [5, 5.41) is 13.0. The van der Waals surface area contributed by atoms with Crippen LogP contribution in [0.1, 0.15) is 26.2 Å². The Bertz CT molecular complexity index is 571. The van der Waals surface area contributed by atoms with E-state index >= 15 is 0 Å². The second kappa shape index (κ2) is 12.4. The normalized spacial score (nSPS) is 19.4. The highest BCUT2D eigenvalue weighted by atomic mass is 127. The van der Waals surface area contributed by atoms with Crippen LogP contribution in [0.15, 0.2) is 29.4 Å². The Kier molecular flexibility index (Phi) is 10.3. The number of rotatable bonds is 6. The van der Waals surface area contributed by atoms with Crippen molar-refractivity contribution in [3.63, 3.8) is 0 Å². The van der Waals surface area contributed by atoms with Crippen molar-refractivity contribution in [2.45, 2.75) is 32.3 Å². The molecule has 8 heteroatoms. The highest BCUT2D eigenvalue weighted by molar-refractivity contribution is 14.0. The Hall–Kier alpha value is -1.13. The van der Waals surface area contributed by atoms with Gasteiger partial charge >= 0.3 is 0 Å². The quantitative estimate of drug-likeness (QED) is 0.267. The van der Waals surface area contributed by atoms with Crippen LogP contribution in [0.25, 0.3) is 0 Å².